The van der Waals surface area contributed by atoms with E-state index in [1.54, 1.807) is 54.6 Å². The predicted octanol–water partition coefficient (Wildman–Crippen LogP) is 4.62. The Labute approximate surface area is 191 Å². The van der Waals surface area contributed by atoms with Crippen molar-refractivity contribution >= 4 is 40.8 Å². The Bertz CT molecular complexity index is 1400. The first-order chi connectivity index (χ1) is 15.4. The molecule has 160 valence electrons. The maximum atomic E-state index is 13.4. The van der Waals surface area contributed by atoms with Gasteiger partial charge in [0.1, 0.15) is 10.7 Å². The Hall–Kier alpha value is -3.82. The van der Waals surface area contributed by atoms with E-state index in [2.05, 4.69) is 0 Å². The molecule has 1 heterocycles. The number of aromatic nitrogens is 2. The first-order valence-corrected chi connectivity index (χ1v) is 10.5. The van der Waals surface area contributed by atoms with Crippen LogP contribution in [0.4, 0.5) is 11.5 Å². The number of para-hydroxylation sites is 2. The van der Waals surface area contributed by atoms with Gasteiger partial charge in [0.05, 0.1) is 26.1 Å². The monoisotopic (exact) mass is 466 g/mol. The van der Waals surface area contributed by atoms with E-state index in [4.69, 9.17) is 17.3 Å². The zero-order valence-electron chi connectivity index (χ0n) is 16.3. The summed E-state index contributed by atoms with van der Waals surface area (Å²) in [6.07, 6.45) is 0. The number of anilines is 1. The lowest BCUT2D eigenvalue weighted by molar-refractivity contribution is -0.387. The first kappa shape index (κ1) is 21.4. The average Bonchev–Trinajstić information content (AvgIpc) is 3.04. The number of rotatable bonds is 5. The van der Waals surface area contributed by atoms with Gasteiger partial charge in [-0.2, -0.15) is 4.68 Å². The second kappa shape index (κ2) is 8.74. The number of nitrogen functional groups attached to an aromatic ring is 1. The summed E-state index contributed by atoms with van der Waals surface area (Å²) in [5.41, 5.74) is 6.09. The van der Waals surface area contributed by atoms with Crippen molar-refractivity contribution in [2.75, 3.05) is 5.73 Å². The largest absolute Gasteiger partial charge is 0.382 e. The molecule has 0 aliphatic heterocycles. The lowest BCUT2D eigenvalue weighted by Crippen LogP contribution is -2.27. The van der Waals surface area contributed by atoms with Gasteiger partial charge in [-0.05, 0) is 30.3 Å². The zero-order chi connectivity index (χ0) is 22.8. The van der Waals surface area contributed by atoms with Crippen LogP contribution in [0.5, 0.6) is 0 Å². The Kier molecular flexibility index (Phi) is 5.85. The van der Waals surface area contributed by atoms with Gasteiger partial charge in [0.25, 0.3) is 17.2 Å². The maximum Gasteiger partial charge on any atom is 0.288 e. The van der Waals surface area contributed by atoms with Crippen molar-refractivity contribution in [3.8, 4) is 5.69 Å². The summed E-state index contributed by atoms with van der Waals surface area (Å²) in [6.45, 7) is 0. The smallest absolute Gasteiger partial charge is 0.288 e. The summed E-state index contributed by atoms with van der Waals surface area (Å²) in [7, 11) is 0. The van der Waals surface area contributed by atoms with Crippen LogP contribution in [0.25, 0.3) is 5.69 Å². The molecule has 8 nitrogen and oxygen atoms in total. The minimum atomic E-state index is -0.608. The van der Waals surface area contributed by atoms with E-state index in [0.29, 0.717) is 5.69 Å². The van der Waals surface area contributed by atoms with Gasteiger partial charge in [-0.3, -0.25) is 19.7 Å². The quantitative estimate of drug-likeness (QED) is 0.339. The Morgan fingerprint density at radius 2 is 1.59 bits per heavy atom. The summed E-state index contributed by atoms with van der Waals surface area (Å²) in [4.78, 5) is 37.9. The molecule has 2 N–H and O–H groups in total. The molecule has 4 aromatic rings. The number of nitro groups is 1. The normalized spacial score (nSPS) is 10.8. The number of nitrogens with two attached hydrogens (primary N) is 1. The number of hydrogen-bond donors (Lipinski definition) is 1. The van der Waals surface area contributed by atoms with Gasteiger partial charge in [0.2, 0.25) is 0 Å². The third kappa shape index (κ3) is 3.79. The topological polar surface area (TPSA) is 113 Å². The molecular weight excluding hydrogens is 452 g/mol. The minimum absolute atomic E-state index is 0.0106. The third-order valence-electron chi connectivity index (χ3n) is 4.62. The van der Waals surface area contributed by atoms with Crippen molar-refractivity contribution in [1.82, 2.24) is 9.36 Å². The van der Waals surface area contributed by atoms with Crippen LogP contribution in [-0.2, 0) is 0 Å². The molecule has 4 rings (SSSR count). The molecule has 0 unspecified atom stereocenters. The summed E-state index contributed by atoms with van der Waals surface area (Å²) >= 11 is 7.05. The molecule has 0 saturated heterocycles. The zero-order valence-corrected chi connectivity index (χ0v) is 17.9. The third-order valence-corrected chi connectivity index (χ3v) is 6.10. The molecule has 0 fully saturated rings. The highest BCUT2D eigenvalue weighted by Crippen LogP contribution is 2.36. The van der Waals surface area contributed by atoms with Crippen molar-refractivity contribution in [2.45, 2.75) is 9.79 Å². The molecule has 3 aromatic carbocycles. The van der Waals surface area contributed by atoms with Crippen LogP contribution in [0.2, 0.25) is 5.02 Å². The van der Waals surface area contributed by atoms with E-state index in [1.165, 1.54) is 24.3 Å². The van der Waals surface area contributed by atoms with Gasteiger partial charge in [-0.1, -0.05) is 65.8 Å². The van der Waals surface area contributed by atoms with E-state index in [0.717, 1.165) is 21.1 Å². The van der Waals surface area contributed by atoms with Crippen molar-refractivity contribution in [3.63, 3.8) is 0 Å². The van der Waals surface area contributed by atoms with E-state index >= 15 is 0 Å². The average molecular weight is 467 g/mol. The number of carbonyl (C=O) groups is 1. The van der Waals surface area contributed by atoms with Crippen LogP contribution >= 0.6 is 23.4 Å². The fourth-order valence-corrected chi connectivity index (χ4v) is 4.35. The molecule has 10 heteroatoms. The molecule has 0 bridgehead atoms. The van der Waals surface area contributed by atoms with Crippen LogP contribution in [0.3, 0.4) is 0 Å². The second-order valence-corrected chi connectivity index (χ2v) is 8.05. The van der Waals surface area contributed by atoms with Crippen molar-refractivity contribution in [3.05, 3.63) is 110 Å². The highest BCUT2D eigenvalue weighted by molar-refractivity contribution is 7.99. The Balaban J connectivity index is 1.95. The van der Waals surface area contributed by atoms with Gasteiger partial charge in [0, 0.05) is 6.07 Å². The number of nitrogens with zero attached hydrogens (tertiary/aromatic N) is 3. The van der Waals surface area contributed by atoms with Crippen LogP contribution in [0.1, 0.15) is 10.4 Å². The fourth-order valence-electron chi connectivity index (χ4n) is 3.15. The van der Waals surface area contributed by atoms with Gasteiger partial charge in [-0.15, -0.1) is 0 Å². The Morgan fingerprint density at radius 1 is 0.969 bits per heavy atom. The van der Waals surface area contributed by atoms with Gasteiger partial charge >= 0.3 is 0 Å². The van der Waals surface area contributed by atoms with Gasteiger partial charge in [-0.25, -0.2) is 4.68 Å². The predicted molar refractivity (Wildman–Crippen MR) is 123 cm³/mol. The lowest BCUT2D eigenvalue weighted by Gasteiger charge is -2.12. The number of hydrogen-bond acceptors (Lipinski definition) is 6. The lowest BCUT2D eigenvalue weighted by atomic mass is 10.2. The van der Waals surface area contributed by atoms with Crippen LogP contribution < -0.4 is 11.3 Å². The summed E-state index contributed by atoms with van der Waals surface area (Å²) in [5, 5.41) is 11.6. The van der Waals surface area contributed by atoms with E-state index in [-0.39, 0.29) is 31.9 Å². The molecule has 0 amide bonds. The maximum absolute atomic E-state index is 13.4. The highest BCUT2D eigenvalue weighted by Gasteiger charge is 2.27. The Morgan fingerprint density at radius 3 is 2.28 bits per heavy atom. The SMILES string of the molecule is Nc1c(Sc2ccccc2[N+](=O)[O-])c(=O)n(-c2ccccc2)n1C(=O)c1ccccc1Cl. The highest BCUT2D eigenvalue weighted by atomic mass is 35.5. The molecule has 1 aromatic heterocycles. The second-order valence-electron chi connectivity index (χ2n) is 6.59. The number of benzene rings is 3. The van der Waals surface area contributed by atoms with Crippen LogP contribution in [0.15, 0.2) is 93.4 Å². The molecule has 32 heavy (non-hydrogen) atoms. The van der Waals surface area contributed by atoms with Crippen molar-refractivity contribution in [1.29, 1.82) is 0 Å². The number of halogens is 1. The number of nitro benzene ring substituents is 1. The summed E-state index contributed by atoms with van der Waals surface area (Å²) in [5.74, 6) is -0.754. The molecule has 0 saturated carbocycles. The van der Waals surface area contributed by atoms with Gasteiger partial charge in [0.15, 0.2) is 0 Å². The van der Waals surface area contributed by atoms with E-state index in [1.807, 2.05) is 0 Å². The first-order valence-electron chi connectivity index (χ1n) is 9.29. The standard InChI is InChI=1S/C22H15ClN4O4S/c23-16-11-5-4-10-15(16)21(28)26-20(24)19(22(29)25(26)14-8-2-1-3-9-14)32-18-13-7-6-12-17(18)27(30)31/h1-13H,24H2. The van der Waals surface area contributed by atoms with E-state index in [9.17, 15) is 19.7 Å². The molecule has 0 radical (unpaired) electrons. The van der Waals surface area contributed by atoms with Crippen molar-refractivity contribution in [2.24, 2.45) is 0 Å². The van der Waals surface area contributed by atoms with Crippen LogP contribution in [0, 0.1) is 10.1 Å². The molecular formula is C22H15ClN4O4S. The fraction of sp³-hybridized carbons (Fsp3) is 0. The van der Waals surface area contributed by atoms with Crippen LogP contribution in [-0.4, -0.2) is 20.2 Å². The summed E-state index contributed by atoms with van der Waals surface area (Å²) in [6, 6.07) is 20.9. The molecule has 0 atom stereocenters. The molecule has 0 spiro atoms. The molecule has 0 aliphatic rings. The van der Waals surface area contributed by atoms with Gasteiger partial charge < -0.3 is 5.73 Å². The van der Waals surface area contributed by atoms with Crippen molar-refractivity contribution < 1.29 is 9.72 Å². The summed E-state index contributed by atoms with van der Waals surface area (Å²) < 4.78 is 2.17. The minimum Gasteiger partial charge on any atom is -0.382 e. The number of carbonyl (C=O) groups excluding carboxylic acids is 1. The van der Waals surface area contributed by atoms with E-state index < -0.39 is 16.4 Å². The molecule has 0 aliphatic carbocycles.